The maximum atomic E-state index is 13.8. The highest BCUT2D eigenvalue weighted by Gasteiger charge is 2.37. The van der Waals surface area contributed by atoms with Crippen LogP contribution in [-0.2, 0) is 6.18 Å². The molecule has 0 radical (unpaired) electrons. The second-order valence-corrected chi connectivity index (χ2v) is 7.40. The molecule has 1 saturated heterocycles. The minimum absolute atomic E-state index is 0.111. The molecule has 7 nitrogen and oxygen atoms in total. The van der Waals surface area contributed by atoms with E-state index >= 15 is 0 Å². The Morgan fingerprint density at radius 3 is 2.42 bits per heavy atom. The molecule has 0 aliphatic carbocycles. The number of halogens is 3. The number of guanidine groups is 1. The van der Waals surface area contributed by atoms with Gasteiger partial charge in [-0.3, -0.25) is 14.6 Å². The van der Waals surface area contributed by atoms with Crippen molar-refractivity contribution >= 4 is 17.8 Å². The fourth-order valence-electron chi connectivity index (χ4n) is 3.79. The first-order chi connectivity index (χ1) is 14.6. The van der Waals surface area contributed by atoms with Crippen molar-refractivity contribution in [3.63, 3.8) is 0 Å². The lowest BCUT2D eigenvalue weighted by Crippen LogP contribution is -2.38. The van der Waals surface area contributed by atoms with Crippen molar-refractivity contribution in [3.8, 4) is 0 Å². The molecule has 0 atom stereocenters. The van der Waals surface area contributed by atoms with Crippen LogP contribution in [0.3, 0.4) is 0 Å². The number of likely N-dealkylation sites (tertiary alicyclic amines) is 1. The largest absolute Gasteiger partial charge is 0.416 e. The summed E-state index contributed by atoms with van der Waals surface area (Å²) in [5.74, 6) is -2.04. The summed E-state index contributed by atoms with van der Waals surface area (Å²) in [5.41, 5.74) is 10.2. The number of hydrogen-bond acceptors (Lipinski definition) is 3. The van der Waals surface area contributed by atoms with Gasteiger partial charge in [0.05, 0.1) is 11.1 Å². The number of piperidine rings is 1. The summed E-state index contributed by atoms with van der Waals surface area (Å²) in [4.78, 5) is 33.6. The molecule has 164 valence electrons. The lowest BCUT2D eigenvalue weighted by atomic mass is 9.84. The fourth-order valence-corrected chi connectivity index (χ4v) is 3.79. The lowest BCUT2D eigenvalue weighted by molar-refractivity contribution is -0.138. The first kappa shape index (κ1) is 22.3. The van der Waals surface area contributed by atoms with Crippen LogP contribution in [0.1, 0.15) is 56.2 Å². The molecule has 1 aromatic heterocycles. The summed E-state index contributed by atoms with van der Waals surface area (Å²) in [6.45, 7) is 2.19. The number of amides is 2. The Hall–Kier alpha value is -3.43. The number of carbonyl (C=O) groups excluding carboxylic acids is 2. The maximum Gasteiger partial charge on any atom is 0.416 e. The van der Waals surface area contributed by atoms with Gasteiger partial charge in [0.2, 0.25) is 0 Å². The Morgan fingerprint density at radius 1 is 1.19 bits per heavy atom. The van der Waals surface area contributed by atoms with Crippen LogP contribution in [0.2, 0.25) is 0 Å². The van der Waals surface area contributed by atoms with Crippen LogP contribution in [-0.4, -0.2) is 40.7 Å². The number of benzene rings is 1. The van der Waals surface area contributed by atoms with Gasteiger partial charge in [0.25, 0.3) is 11.8 Å². The summed E-state index contributed by atoms with van der Waals surface area (Å²) in [6.07, 6.45) is -0.887. The molecule has 4 N–H and O–H groups in total. The van der Waals surface area contributed by atoms with Gasteiger partial charge in [0, 0.05) is 31.0 Å². The van der Waals surface area contributed by atoms with Crippen LogP contribution in [0, 0.1) is 6.92 Å². The number of rotatable bonds is 3. The quantitative estimate of drug-likeness (QED) is 0.571. The van der Waals surface area contributed by atoms with E-state index in [2.05, 4.69) is 9.98 Å². The number of carbonyl (C=O) groups is 2. The van der Waals surface area contributed by atoms with E-state index in [4.69, 9.17) is 11.5 Å². The summed E-state index contributed by atoms with van der Waals surface area (Å²) in [6, 6.07) is 5.50. The predicted molar refractivity (Wildman–Crippen MR) is 108 cm³/mol. The molecule has 3 rings (SSSR count). The average molecular weight is 433 g/mol. The fraction of sp³-hybridized carbons (Fsp3) is 0.333. The van der Waals surface area contributed by atoms with Gasteiger partial charge >= 0.3 is 6.18 Å². The summed E-state index contributed by atoms with van der Waals surface area (Å²) >= 11 is 0. The Balaban J connectivity index is 1.86. The molecule has 0 saturated carbocycles. The van der Waals surface area contributed by atoms with Crippen molar-refractivity contribution in [1.29, 1.82) is 0 Å². The second-order valence-electron chi connectivity index (χ2n) is 7.40. The third-order valence-corrected chi connectivity index (χ3v) is 5.29. The van der Waals surface area contributed by atoms with Crippen molar-refractivity contribution in [2.45, 2.75) is 31.9 Å². The zero-order chi connectivity index (χ0) is 22.8. The van der Waals surface area contributed by atoms with E-state index in [1.807, 2.05) is 0 Å². The van der Waals surface area contributed by atoms with Gasteiger partial charge in [-0.2, -0.15) is 18.2 Å². The van der Waals surface area contributed by atoms with Crippen molar-refractivity contribution in [2.75, 3.05) is 13.1 Å². The SMILES string of the molecule is Cc1cc(C2CCN(C(=O)c3cccnc3)CC2)c(C(F)(F)F)cc1C(=O)N=C(N)N. The number of aromatic nitrogens is 1. The van der Waals surface area contributed by atoms with Gasteiger partial charge < -0.3 is 16.4 Å². The van der Waals surface area contributed by atoms with Gasteiger partial charge in [0.1, 0.15) is 0 Å². The second kappa shape index (κ2) is 8.75. The van der Waals surface area contributed by atoms with Crippen LogP contribution >= 0.6 is 0 Å². The molecule has 1 fully saturated rings. The molecule has 1 aromatic carbocycles. The predicted octanol–water partition coefficient (Wildman–Crippen LogP) is 2.84. The Kier molecular flexibility index (Phi) is 6.28. The number of aryl methyl sites for hydroxylation is 1. The number of hydrogen-bond donors (Lipinski definition) is 2. The Morgan fingerprint density at radius 2 is 1.87 bits per heavy atom. The molecule has 0 unspecified atom stereocenters. The van der Waals surface area contributed by atoms with Crippen molar-refractivity contribution in [1.82, 2.24) is 9.88 Å². The number of nitrogens with two attached hydrogens (primary N) is 2. The standard InChI is InChI=1S/C21H22F3N5O2/c1-12-9-16(17(21(22,23)24)10-15(12)18(30)28-20(25)26)13-4-7-29(8-5-13)19(31)14-3-2-6-27-11-14/h2-3,6,9-11,13H,4-5,7-8H2,1H3,(H4,25,26,28,30). The molecular weight excluding hydrogens is 411 g/mol. The van der Waals surface area contributed by atoms with Crippen LogP contribution in [0.5, 0.6) is 0 Å². The molecule has 1 aliphatic rings. The molecule has 31 heavy (non-hydrogen) atoms. The van der Waals surface area contributed by atoms with E-state index in [1.165, 1.54) is 12.3 Å². The molecule has 1 aliphatic heterocycles. The minimum atomic E-state index is -4.65. The topological polar surface area (TPSA) is 115 Å². The van der Waals surface area contributed by atoms with Gasteiger partial charge in [-0.05, 0) is 55.0 Å². The van der Waals surface area contributed by atoms with Crippen molar-refractivity contribution < 1.29 is 22.8 Å². The van der Waals surface area contributed by atoms with Crippen molar-refractivity contribution in [2.24, 2.45) is 16.5 Å². The molecule has 0 bridgehead atoms. The third kappa shape index (κ3) is 5.01. The number of alkyl halides is 3. The van der Waals surface area contributed by atoms with E-state index < -0.39 is 29.5 Å². The third-order valence-electron chi connectivity index (χ3n) is 5.29. The first-order valence-electron chi connectivity index (χ1n) is 9.63. The van der Waals surface area contributed by atoms with Crippen LogP contribution < -0.4 is 11.5 Å². The van der Waals surface area contributed by atoms with E-state index in [0.29, 0.717) is 37.1 Å². The molecular formula is C21H22F3N5O2. The number of nitrogens with zero attached hydrogens (tertiary/aromatic N) is 3. The van der Waals surface area contributed by atoms with Gasteiger partial charge in [0.15, 0.2) is 5.96 Å². The highest BCUT2D eigenvalue weighted by molar-refractivity contribution is 6.03. The van der Waals surface area contributed by atoms with Gasteiger partial charge in [-0.15, -0.1) is 0 Å². The maximum absolute atomic E-state index is 13.8. The van der Waals surface area contributed by atoms with Crippen LogP contribution in [0.25, 0.3) is 0 Å². The zero-order valence-electron chi connectivity index (χ0n) is 16.8. The summed E-state index contributed by atoms with van der Waals surface area (Å²) in [5, 5.41) is 0. The smallest absolute Gasteiger partial charge is 0.370 e. The normalized spacial score (nSPS) is 14.9. The molecule has 2 amide bonds. The Bertz CT molecular complexity index is 1010. The van der Waals surface area contributed by atoms with Crippen LogP contribution in [0.4, 0.5) is 13.2 Å². The molecule has 2 aromatic rings. The van der Waals surface area contributed by atoms with Crippen molar-refractivity contribution in [3.05, 3.63) is 64.5 Å². The van der Waals surface area contributed by atoms with E-state index in [-0.39, 0.29) is 17.0 Å². The van der Waals surface area contributed by atoms with Crippen LogP contribution in [0.15, 0.2) is 41.7 Å². The molecule has 10 heteroatoms. The average Bonchev–Trinajstić information content (AvgIpc) is 2.72. The van der Waals surface area contributed by atoms with E-state index in [0.717, 1.165) is 6.07 Å². The van der Waals surface area contributed by atoms with Gasteiger partial charge in [-0.1, -0.05) is 6.07 Å². The first-order valence-corrected chi connectivity index (χ1v) is 9.63. The highest BCUT2D eigenvalue weighted by Crippen LogP contribution is 2.40. The van der Waals surface area contributed by atoms with E-state index in [9.17, 15) is 22.8 Å². The minimum Gasteiger partial charge on any atom is -0.370 e. The zero-order valence-corrected chi connectivity index (χ0v) is 16.8. The number of aliphatic imine (C=N–C) groups is 1. The monoisotopic (exact) mass is 433 g/mol. The molecule has 2 heterocycles. The summed E-state index contributed by atoms with van der Waals surface area (Å²) < 4.78 is 41.4. The molecule has 0 spiro atoms. The Labute approximate surface area is 177 Å². The highest BCUT2D eigenvalue weighted by atomic mass is 19.4. The van der Waals surface area contributed by atoms with E-state index in [1.54, 1.807) is 30.2 Å². The summed E-state index contributed by atoms with van der Waals surface area (Å²) in [7, 11) is 0. The number of pyridine rings is 1. The van der Waals surface area contributed by atoms with Gasteiger partial charge in [-0.25, -0.2) is 0 Å². The lowest BCUT2D eigenvalue weighted by Gasteiger charge is -2.33.